The lowest BCUT2D eigenvalue weighted by Gasteiger charge is -2.36. The molecule has 0 aromatic heterocycles. The Balaban J connectivity index is 4.82. The fraction of sp³-hybridized carbons (Fsp3) is 0.833. The zero-order valence-corrected chi connectivity index (χ0v) is 11.7. The van der Waals surface area contributed by atoms with Crippen molar-refractivity contribution in [3.05, 3.63) is 0 Å². The van der Waals surface area contributed by atoms with E-state index in [2.05, 4.69) is 0 Å². The number of hydrogen-bond acceptors (Lipinski definition) is 4. The monoisotopic (exact) mass is 244 g/mol. The Morgan fingerprint density at radius 2 is 1.59 bits per heavy atom. The predicted octanol–water partition coefficient (Wildman–Crippen LogP) is 1.55. The fourth-order valence-electron chi connectivity index (χ4n) is 1.13. The van der Waals surface area contributed by atoms with Crippen molar-refractivity contribution in [1.29, 1.82) is 0 Å². The van der Waals surface area contributed by atoms with E-state index in [1.54, 1.807) is 20.8 Å². The van der Waals surface area contributed by atoms with Crippen molar-refractivity contribution in [2.75, 3.05) is 13.1 Å². The van der Waals surface area contributed by atoms with Crippen LogP contribution < -0.4 is 5.73 Å². The number of ketones is 1. The summed E-state index contributed by atoms with van der Waals surface area (Å²) >= 11 is 0. The molecule has 0 rings (SSSR count). The molecule has 0 heterocycles. The maximum Gasteiger partial charge on any atom is 0.411 e. The van der Waals surface area contributed by atoms with Crippen LogP contribution in [0, 0.1) is 0 Å². The largest absolute Gasteiger partial charge is 0.444 e. The van der Waals surface area contributed by atoms with E-state index in [4.69, 9.17) is 10.5 Å². The van der Waals surface area contributed by atoms with Gasteiger partial charge in [-0.3, -0.25) is 9.69 Å². The number of ether oxygens (including phenoxy) is 1. The summed E-state index contributed by atoms with van der Waals surface area (Å²) in [5, 5.41) is 0. The van der Waals surface area contributed by atoms with Crippen LogP contribution in [0.1, 0.15) is 41.5 Å². The third-order valence-corrected chi connectivity index (χ3v) is 1.99. The predicted molar refractivity (Wildman–Crippen MR) is 66.8 cm³/mol. The van der Waals surface area contributed by atoms with Crippen LogP contribution in [0.3, 0.4) is 0 Å². The molecule has 0 radical (unpaired) electrons. The molecule has 2 N–H and O–H groups in total. The smallest absolute Gasteiger partial charge is 0.411 e. The number of Topliss-reactive ketones (excluding diaryl/α,β-unsaturated/α-hetero) is 1. The number of nitrogens with two attached hydrogens (primary N) is 1. The van der Waals surface area contributed by atoms with E-state index in [0.29, 0.717) is 0 Å². The third kappa shape index (κ3) is 6.26. The summed E-state index contributed by atoms with van der Waals surface area (Å²) in [6, 6.07) is 0. The molecule has 0 saturated heterocycles. The standard InChI is InChI=1S/C12H24N2O3/c1-11(2,3)14(8-9(15)7-13)10(16)17-12(4,5)6/h7-8,13H2,1-6H3. The molecule has 0 atom stereocenters. The lowest BCUT2D eigenvalue weighted by molar-refractivity contribution is -0.120. The number of rotatable bonds is 3. The fourth-order valence-corrected chi connectivity index (χ4v) is 1.13. The van der Waals surface area contributed by atoms with E-state index in [0.717, 1.165) is 0 Å². The highest BCUT2D eigenvalue weighted by Crippen LogP contribution is 2.18. The van der Waals surface area contributed by atoms with Gasteiger partial charge in [0.15, 0.2) is 5.78 Å². The zero-order chi connectivity index (χ0) is 13.9. The van der Waals surface area contributed by atoms with Gasteiger partial charge in [0.05, 0.1) is 13.1 Å². The van der Waals surface area contributed by atoms with Gasteiger partial charge in [-0.05, 0) is 41.5 Å². The summed E-state index contributed by atoms with van der Waals surface area (Å²) < 4.78 is 5.27. The van der Waals surface area contributed by atoms with Crippen LogP contribution in [-0.2, 0) is 9.53 Å². The first-order valence-electron chi connectivity index (χ1n) is 5.70. The van der Waals surface area contributed by atoms with E-state index < -0.39 is 17.2 Å². The summed E-state index contributed by atoms with van der Waals surface area (Å²) in [5.74, 6) is -0.189. The Morgan fingerprint density at radius 3 is 1.88 bits per heavy atom. The molecule has 100 valence electrons. The molecule has 0 spiro atoms. The number of amides is 1. The molecule has 0 aromatic carbocycles. The highest BCUT2D eigenvalue weighted by atomic mass is 16.6. The van der Waals surface area contributed by atoms with Gasteiger partial charge in [0.1, 0.15) is 5.60 Å². The normalized spacial score (nSPS) is 12.2. The average molecular weight is 244 g/mol. The highest BCUT2D eigenvalue weighted by Gasteiger charge is 2.31. The van der Waals surface area contributed by atoms with Crippen LogP contribution in [0.25, 0.3) is 0 Å². The maximum absolute atomic E-state index is 12.0. The van der Waals surface area contributed by atoms with Crippen LogP contribution >= 0.6 is 0 Å². The molecule has 0 aromatic rings. The number of nitrogens with zero attached hydrogens (tertiary/aromatic N) is 1. The van der Waals surface area contributed by atoms with E-state index in [1.165, 1.54) is 4.90 Å². The molecule has 0 saturated carbocycles. The molecule has 5 nitrogen and oxygen atoms in total. The Hall–Kier alpha value is -1.10. The van der Waals surface area contributed by atoms with Crippen molar-refractivity contribution in [1.82, 2.24) is 4.90 Å². The molecule has 0 aliphatic heterocycles. The summed E-state index contributed by atoms with van der Waals surface area (Å²) in [4.78, 5) is 24.7. The van der Waals surface area contributed by atoms with Crippen LogP contribution in [0.15, 0.2) is 0 Å². The molecule has 17 heavy (non-hydrogen) atoms. The average Bonchev–Trinajstić information content (AvgIpc) is 2.08. The third-order valence-electron chi connectivity index (χ3n) is 1.99. The van der Waals surface area contributed by atoms with E-state index >= 15 is 0 Å². The Bertz CT molecular complexity index is 287. The quantitative estimate of drug-likeness (QED) is 0.817. The molecule has 1 amide bonds. The van der Waals surface area contributed by atoms with E-state index in [9.17, 15) is 9.59 Å². The van der Waals surface area contributed by atoms with Crippen molar-refractivity contribution >= 4 is 11.9 Å². The van der Waals surface area contributed by atoms with Gasteiger partial charge >= 0.3 is 6.09 Å². The van der Waals surface area contributed by atoms with Gasteiger partial charge in [0, 0.05) is 5.54 Å². The van der Waals surface area contributed by atoms with Crippen LogP contribution in [-0.4, -0.2) is 41.0 Å². The number of carbonyl (C=O) groups is 2. The maximum atomic E-state index is 12.0. The van der Waals surface area contributed by atoms with Gasteiger partial charge in [-0.2, -0.15) is 0 Å². The van der Waals surface area contributed by atoms with Crippen molar-refractivity contribution in [3.63, 3.8) is 0 Å². The van der Waals surface area contributed by atoms with Crippen molar-refractivity contribution in [2.45, 2.75) is 52.7 Å². The lowest BCUT2D eigenvalue weighted by atomic mass is 10.1. The summed E-state index contributed by atoms with van der Waals surface area (Å²) in [7, 11) is 0. The number of carbonyl (C=O) groups excluding carboxylic acids is 2. The number of hydrogen-bond donors (Lipinski definition) is 1. The second-order valence-electron chi connectivity index (χ2n) is 5.98. The Labute approximate surface area is 103 Å². The minimum atomic E-state index is -0.577. The van der Waals surface area contributed by atoms with Crippen LogP contribution in [0.2, 0.25) is 0 Å². The minimum Gasteiger partial charge on any atom is -0.444 e. The SMILES string of the molecule is CC(C)(C)OC(=O)N(CC(=O)CN)C(C)(C)C. The van der Waals surface area contributed by atoms with E-state index in [-0.39, 0.29) is 18.9 Å². The first-order valence-corrected chi connectivity index (χ1v) is 5.70. The van der Waals surface area contributed by atoms with Crippen LogP contribution in [0.5, 0.6) is 0 Å². The van der Waals surface area contributed by atoms with E-state index in [1.807, 2.05) is 20.8 Å². The van der Waals surface area contributed by atoms with Gasteiger partial charge in [-0.15, -0.1) is 0 Å². The van der Waals surface area contributed by atoms with Crippen molar-refractivity contribution < 1.29 is 14.3 Å². The Morgan fingerprint density at radius 1 is 1.12 bits per heavy atom. The van der Waals surface area contributed by atoms with Gasteiger partial charge < -0.3 is 10.5 Å². The molecule has 0 unspecified atom stereocenters. The van der Waals surface area contributed by atoms with Crippen molar-refractivity contribution in [2.24, 2.45) is 5.73 Å². The minimum absolute atomic E-state index is 0.0189. The second-order valence-corrected chi connectivity index (χ2v) is 5.98. The molecule has 0 bridgehead atoms. The highest BCUT2D eigenvalue weighted by molar-refractivity contribution is 5.85. The zero-order valence-electron chi connectivity index (χ0n) is 11.7. The lowest BCUT2D eigenvalue weighted by Crippen LogP contribution is -2.50. The van der Waals surface area contributed by atoms with Gasteiger partial charge in [0.25, 0.3) is 0 Å². The molecule has 0 fully saturated rings. The van der Waals surface area contributed by atoms with Gasteiger partial charge in [-0.25, -0.2) is 4.79 Å². The van der Waals surface area contributed by atoms with Gasteiger partial charge in [-0.1, -0.05) is 0 Å². The first kappa shape index (κ1) is 15.9. The summed E-state index contributed by atoms with van der Waals surface area (Å²) in [5.41, 5.74) is 4.21. The molecule has 0 aliphatic carbocycles. The van der Waals surface area contributed by atoms with Crippen molar-refractivity contribution in [3.8, 4) is 0 Å². The first-order chi connectivity index (χ1) is 7.47. The van der Waals surface area contributed by atoms with Crippen LogP contribution in [0.4, 0.5) is 4.79 Å². The topological polar surface area (TPSA) is 72.6 Å². The van der Waals surface area contributed by atoms with Gasteiger partial charge in [0.2, 0.25) is 0 Å². The summed E-state index contributed by atoms with van der Waals surface area (Å²) in [6.07, 6.45) is -0.494. The Kier molecular flexibility index (Phi) is 5.13. The molecule has 0 aliphatic rings. The molecular formula is C12H24N2O3. The summed E-state index contributed by atoms with van der Waals surface area (Å²) in [6.45, 7) is 10.8. The molecular weight excluding hydrogens is 220 g/mol. The molecule has 5 heteroatoms. The second kappa shape index (κ2) is 5.49.